The van der Waals surface area contributed by atoms with Gasteiger partial charge in [-0.3, -0.25) is 4.79 Å². The summed E-state index contributed by atoms with van der Waals surface area (Å²) in [6.07, 6.45) is 0.728. The Morgan fingerprint density at radius 3 is 2.63 bits per heavy atom. The molecule has 19 heavy (non-hydrogen) atoms. The van der Waals surface area contributed by atoms with E-state index in [9.17, 15) is 4.79 Å². The number of nitrogen functional groups attached to an aromatic ring is 1. The summed E-state index contributed by atoms with van der Waals surface area (Å²) >= 11 is 1.40. The van der Waals surface area contributed by atoms with Crippen LogP contribution in [0.1, 0.15) is 20.1 Å². The van der Waals surface area contributed by atoms with E-state index in [4.69, 9.17) is 10.8 Å². The predicted octanol–water partition coefficient (Wildman–Crippen LogP) is 2.32. The molecule has 1 amide bonds. The van der Waals surface area contributed by atoms with Gasteiger partial charge in [0.15, 0.2) is 0 Å². The van der Waals surface area contributed by atoms with Crippen molar-refractivity contribution in [2.45, 2.75) is 13.3 Å². The number of hydrogen-bond acceptors (Lipinski definition) is 4. The molecule has 0 bridgehead atoms. The monoisotopic (exact) mass is 276 g/mol. The molecule has 4 nitrogen and oxygen atoms in total. The minimum Gasteiger partial charge on any atom is -0.508 e. The van der Waals surface area contributed by atoms with Crippen molar-refractivity contribution < 1.29 is 9.90 Å². The Hall–Kier alpha value is -2.01. The maximum atomic E-state index is 11.9. The van der Waals surface area contributed by atoms with Crippen LogP contribution in [0.15, 0.2) is 30.3 Å². The third kappa shape index (κ3) is 3.48. The van der Waals surface area contributed by atoms with Crippen molar-refractivity contribution in [2.75, 3.05) is 12.3 Å². The van der Waals surface area contributed by atoms with Crippen molar-refractivity contribution in [3.05, 3.63) is 45.6 Å². The van der Waals surface area contributed by atoms with Crippen molar-refractivity contribution >= 4 is 22.9 Å². The molecule has 0 atom stereocenters. The number of thiophene rings is 1. The molecule has 100 valence electrons. The van der Waals surface area contributed by atoms with Gasteiger partial charge in [0.1, 0.15) is 5.75 Å². The molecular weight excluding hydrogens is 260 g/mol. The van der Waals surface area contributed by atoms with E-state index in [1.807, 2.05) is 19.1 Å². The highest BCUT2D eigenvalue weighted by Crippen LogP contribution is 2.23. The van der Waals surface area contributed by atoms with E-state index in [0.29, 0.717) is 17.1 Å². The fourth-order valence-corrected chi connectivity index (χ4v) is 2.54. The molecule has 0 saturated carbocycles. The highest BCUT2D eigenvalue weighted by Gasteiger charge is 2.10. The zero-order chi connectivity index (χ0) is 13.8. The average Bonchev–Trinajstić information content (AvgIpc) is 2.72. The summed E-state index contributed by atoms with van der Waals surface area (Å²) in [6.45, 7) is 2.45. The standard InChI is InChI=1S/C14H16N2O2S/c1-9-12(15)8-13(19-9)14(18)16-7-6-10-2-4-11(17)5-3-10/h2-5,8,17H,6-7,15H2,1H3,(H,16,18). The number of carbonyl (C=O) groups excluding carboxylic acids is 1. The first-order valence-corrected chi connectivity index (χ1v) is 6.80. The molecule has 1 heterocycles. The quantitative estimate of drug-likeness (QED) is 0.802. The number of aromatic hydroxyl groups is 1. The predicted molar refractivity (Wildman–Crippen MR) is 77.6 cm³/mol. The molecule has 2 aromatic rings. The molecule has 2 rings (SSSR count). The van der Waals surface area contributed by atoms with E-state index in [2.05, 4.69) is 5.32 Å². The van der Waals surface area contributed by atoms with Crippen molar-refractivity contribution in [1.82, 2.24) is 5.32 Å². The Labute approximate surface area is 115 Å². The number of nitrogens with one attached hydrogen (secondary N) is 1. The first-order chi connectivity index (χ1) is 9.06. The maximum absolute atomic E-state index is 11.9. The van der Waals surface area contributed by atoms with Gasteiger partial charge in [-0.1, -0.05) is 12.1 Å². The van der Waals surface area contributed by atoms with E-state index in [1.54, 1.807) is 18.2 Å². The third-order valence-electron chi connectivity index (χ3n) is 2.82. The van der Waals surface area contributed by atoms with Gasteiger partial charge in [0, 0.05) is 17.1 Å². The Bertz CT molecular complexity index is 556. The van der Waals surface area contributed by atoms with Gasteiger partial charge in [0.05, 0.1) is 4.88 Å². The lowest BCUT2D eigenvalue weighted by atomic mass is 10.1. The topological polar surface area (TPSA) is 75.3 Å². The lowest BCUT2D eigenvalue weighted by Crippen LogP contribution is -2.24. The number of benzene rings is 1. The van der Waals surface area contributed by atoms with Gasteiger partial charge in [-0.15, -0.1) is 11.3 Å². The van der Waals surface area contributed by atoms with E-state index in [1.165, 1.54) is 11.3 Å². The van der Waals surface area contributed by atoms with E-state index in [-0.39, 0.29) is 11.7 Å². The molecule has 0 radical (unpaired) electrons. The van der Waals surface area contributed by atoms with Crippen LogP contribution in [0.2, 0.25) is 0 Å². The molecule has 0 spiro atoms. The minimum atomic E-state index is -0.0939. The van der Waals surface area contributed by atoms with Gasteiger partial charge < -0.3 is 16.2 Å². The SMILES string of the molecule is Cc1sc(C(=O)NCCc2ccc(O)cc2)cc1N. The second-order valence-electron chi connectivity index (χ2n) is 4.29. The van der Waals surface area contributed by atoms with Crippen LogP contribution in [-0.4, -0.2) is 17.6 Å². The Kier molecular flexibility index (Phi) is 4.06. The number of anilines is 1. The minimum absolute atomic E-state index is 0.0939. The summed E-state index contributed by atoms with van der Waals surface area (Å²) in [5, 5.41) is 12.0. The van der Waals surface area contributed by atoms with Gasteiger partial charge in [-0.05, 0) is 37.1 Å². The Morgan fingerprint density at radius 2 is 2.05 bits per heavy atom. The molecular formula is C14H16N2O2S. The second kappa shape index (κ2) is 5.75. The zero-order valence-electron chi connectivity index (χ0n) is 10.6. The molecule has 0 aliphatic rings. The van der Waals surface area contributed by atoms with Gasteiger partial charge >= 0.3 is 0 Å². The van der Waals surface area contributed by atoms with Gasteiger partial charge in [0.25, 0.3) is 5.91 Å². The fraction of sp³-hybridized carbons (Fsp3) is 0.214. The molecule has 0 saturated heterocycles. The number of hydrogen-bond donors (Lipinski definition) is 3. The molecule has 1 aromatic heterocycles. The number of phenols is 1. The molecule has 0 fully saturated rings. The van der Waals surface area contributed by atoms with Crippen LogP contribution in [0.3, 0.4) is 0 Å². The summed E-state index contributed by atoms with van der Waals surface area (Å²) in [6, 6.07) is 8.67. The van der Waals surface area contributed by atoms with Crippen LogP contribution >= 0.6 is 11.3 Å². The molecule has 0 aliphatic heterocycles. The smallest absolute Gasteiger partial charge is 0.261 e. The Morgan fingerprint density at radius 1 is 1.37 bits per heavy atom. The van der Waals surface area contributed by atoms with Crippen molar-refractivity contribution in [2.24, 2.45) is 0 Å². The van der Waals surface area contributed by atoms with Crippen molar-refractivity contribution in [1.29, 1.82) is 0 Å². The Balaban J connectivity index is 1.85. The first kappa shape index (κ1) is 13.4. The summed E-state index contributed by atoms with van der Waals surface area (Å²) < 4.78 is 0. The number of aryl methyl sites for hydroxylation is 1. The highest BCUT2D eigenvalue weighted by molar-refractivity contribution is 7.14. The number of carbonyl (C=O) groups is 1. The first-order valence-electron chi connectivity index (χ1n) is 5.98. The molecule has 4 N–H and O–H groups in total. The molecule has 5 heteroatoms. The van der Waals surface area contributed by atoms with Gasteiger partial charge in [-0.25, -0.2) is 0 Å². The van der Waals surface area contributed by atoms with Crippen molar-refractivity contribution in [3.8, 4) is 5.75 Å². The lowest BCUT2D eigenvalue weighted by molar-refractivity contribution is 0.0958. The largest absolute Gasteiger partial charge is 0.508 e. The van der Waals surface area contributed by atoms with Crippen LogP contribution < -0.4 is 11.1 Å². The van der Waals surface area contributed by atoms with E-state index >= 15 is 0 Å². The van der Waals surface area contributed by atoms with Crippen molar-refractivity contribution in [3.63, 3.8) is 0 Å². The fourth-order valence-electron chi connectivity index (χ4n) is 1.68. The molecule has 1 aromatic carbocycles. The summed E-state index contributed by atoms with van der Waals surface area (Å²) in [5.74, 6) is 0.154. The number of nitrogens with two attached hydrogens (primary N) is 1. The lowest BCUT2D eigenvalue weighted by Gasteiger charge is -2.04. The number of rotatable bonds is 4. The van der Waals surface area contributed by atoms with Crippen LogP contribution in [0, 0.1) is 6.92 Å². The van der Waals surface area contributed by atoms with Crippen LogP contribution in [0.4, 0.5) is 5.69 Å². The molecule has 0 aliphatic carbocycles. The van der Waals surface area contributed by atoms with Crippen LogP contribution in [0.5, 0.6) is 5.75 Å². The van der Waals surface area contributed by atoms with Crippen LogP contribution in [-0.2, 0) is 6.42 Å². The second-order valence-corrected chi connectivity index (χ2v) is 5.55. The zero-order valence-corrected chi connectivity index (χ0v) is 11.5. The highest BCUT2D eigenvalue weighted by atomic mass is 32.1. The average molecular weight is 276 g/mol. The van der Waals surface area contributed by atoms with Gasteiger partial charge in [0.2, 0.25) is 0 Å². The number of amides is 1. The summed E-state index contributed by atoms with van der Waals surface area (Å²) in [5.41, 5.74) is 7.45. The van der Waals surface area contributed by atoms with Crippen LogP contribution in [0.25, 0.3) is 0 Å². The summed E-state index contributed by atoms with van der Waals surface area (Å²) in [4.78, 5) is 13.5. The molecule has 0 unspecified atom stereocenters. The van der Waals surface area contributed by atoms with E-state index < -0.39 is 0 Å². The number of phenolic OH excluding ortho intramolecular Hbond substituents is 1. The normalized spacial score (nSPS) is 10.4. The summed E-state index contributed by atoms with van der Waals surface area (Å²) in [7, 11) is 0. The maximum Gasteiger partial charge on any atom is 0.261 e. The van der Waals surface area contributed by atoms with E-state index in [0.717, 1.165) is 16.9 Å². The van der Waals surface area contributed by atoms with Gasteiger partial charge in [-0.2, -0.15) is 0 Å². The third-order valence-corrected chi connectivity index (χ3v) is 3.88.